The van der Waals surface area contributed by atoms with Crippen molar-refractivity contribution in [1.82, 2.24) is 0 Å². The largest absolute Gasteiger partial charge is 0.477 e. The average molecular weight is 414 g/mol. The topological polar surface area (TPSA) is 57.6 Å². The van der Waals surface area contributed by atoms with Gasteiger partial charge in [0.2, 0.25) is 0 Å². The normalized spacial score (nSPS) is 11.2. The monoisotopic (exact) mass is 413 g/mol. The van der Waals surface area contributed by atoms with Crippen LogP contribution in [0, 0.1) is 5.92 Å². The van der Waals surface area contributed by atoms with E-state index in [0.29, 0.717) is 16.6 Å². The van der Waals surface area contributed by atoms with E-state index in [9.17, 15) is 14.7 Å². The highest BCUT2D eigenvalue weighted by Gasteiger charge is 2.29. The Kier molecular flexibility index (Phi) is 6.72. The SMILES string of the molecule is CC(C)Cc1cc(N(C(=O)c2ccc(Cl)cc2Cl)C(C)C)c(C(=O)O)s1. The zero-order chi connectivity index (χ0) is 19.6. The van der Waals surface area contributed by atoms with Crippen LogP contribution in [0.15, 0.2) is 24.3 Å². The molecular formula is C19H21Cl2NO3S. The van der Waals surface area contributed by atoms with Crippen LogP contribution < -0.4 is 4.90 Å². The van der Waals surface area contributed by atoms with E-state index in [1.807, 2.05) is 13.8 Å². The number of carbonyl (C=O) groups excluding carboxylic acids is 1. The molecule has 26 heavy (non-hydrogen) atoms. The number of hydrogen-bond acceptors (Lipinski definition) is 3. The maximum atomic E-state index is 13.1. The number of carbonyl (C=O) groups is 2. The number of carboxylic acids is 1. The third-order valence-electron chi connectivity index (χ3n) is 3.72. The van der Waals surface area contributed by atoms with Gasteiger partial charge in [0.05, 0.1) is 16.3 Å². The van der Waals surface area contributed by atoms with E-state index in [2.05, 4.69) is 13.8 Å². The molecule has 0 radical (unpaired) electrons. The Bertz CT molecular complexity index is 830. The Morgan fingerprint density at radius 3 is 2.31 bits per heavy atom. The summed E-state index contributed by atoms with van der Waals surface area (Å²) < 4.78 is 0. The Hall–Kier alpha value is -1.56. The molecule has 0 bridgehead atoms. The first kappa shape index (κ1) is 20.7. The van der Waals surface area contributed by atoms with Crippen LogP contribution in [0.3, 0.4) is 0 Å². The molecule has 1 heterocycles. The molecule has 0 unspecified atom stereocenters. The number of halogens is 2. The van der Waals surface area contributed by atoms with Crippen LogP contribution in [-0.2, 0) is 6.42 Å². The molecule has 1 N–H and O–H groups in total. The van der Waals surface area contributed by atoms with Gasteiger partial charge in [-0.3, -0.25) is 4.79 Å². The number of rotatable bonds is 6. The molecule has 0 aliphatic carbocycles. The maximum absolute atomic E-state index is 13.1. The van der Waals surface area contributed by atoms with Crippen LogP contribution >= 0.6 is 34.5 Å². The molecule has 1 aromatic carbocycles. The molecule has 4 nitrogen and oxygen atoms in total. The Morgan fingerprint density at radius 2 is 1.81 bits per heavy atom. The van der Waals surface area contributed by atoms with Crippen molar-refractivity contribution in [2.45, 2.75) is 40.2 Å². The second kappa shape index (κ2) is 8.42. The number of nitrogens with zero attached hydrogens (tertiary/aromatic N) is 1. The number of benzene rings is 1. The summed E-state index contributed by atoms with van der Waals surface area (Å²) in [7, 11) is 0. The highest BCUT2D eigenvalue weighted by Crippen LogP contribution is 2.35. The minimum absolute atomic E-state index is 0.160. The fraction of sp³-hybridized carbons (Fsp3) is 0.368. The first-order chi connectivity index (χ1) is 12.1. The molecule has 0 aliphatic heterocycles. The average Bonchev–Trinajstić information content (AvgIpc) is 2.89. The number of thiophene rings is 1. The van der Waals surface area contributed by atoms with Gasteiger partial charge in [-0.2, -0.15) is 0 Å². The van der Waals surface area contributed by atoms with Gasteiger partial charge >= 0.3 is 5.97 Å². The molecule has 0 aliphatic rings. The summed E-state index contributed by atoms with van der Waals surface area (Å²) in [6.07, 6.45) is 0.757. The van der Waals surface area contributed by atoms with Crippen LogP contribution in [0.4, 0.5) is 5.69 Å². The minimum atomic E-state index is -1.04. The van der Waals surface area contributed by atoms with Gasteiger partial charge in [-0.25, -0.2) is 4.79 Å². The Morgan fingerprint density at radius 1 is 1.15 bits per heavy atom. The third-order valence-corrected chi connectivity index (χ3v) is 5.41. The molecule has 1 aromatic heterocycles. The molecule has 0 saturated heterocycles. The zero-order valence-corrected chi connectivity index (χ0v) is 17.4. The third kappa shape index (κ3) is 4.58. The van der Waals surface area contributed by atoms with Crippen LogP contribution in [0.2, 0.25) is 10.0 Å². The van der Waals surface area contributed by atoms with Gasteiger partial charge in [-0.05, 0) is 50.5 Å². The number of carboxylic acid groups (broad SMARTS) is 1. The number of hydrogen-bond donors (Lipinski definition) is 1. The highest BCUT2D eigenvalue weighted by atomic mass is 35.5. The highest BCUT2D eigenvalue weighted by molar-refractivity contribution is 7.14. The van der Waals surface area contributed by atoms with Crippen LogP contribution in [0.5, 0.6) is 0 Å². The lowest BCUT2D eigenvalue weighted by Gasteiger charge is -2.27. The van der Waals surface area contributed by atoms with Crippen LogP contribution in [-0.4, -0.2) is 23.0 Å². The predicted molar refractivity (Wildman–Crippen MR) is 108 cm³/mol. The summed E-state index contributed by atoms with van der Waals surface area (Å²) in [5, 5.41) is 10.3. The lowest BCUT2D eigenvalue weighted by molar-refractivity contribution is 0.0703. The van der Waals surface area contributed by atoms with E-state index in [0.717, 1.165) is 11.3 Å². The van der Waals surface area contributed by atoms with E-state index in [-0.39, 0.29) is 27.4 Å². The van der Waals surface area contributed by atoms with E-state index < -0.39 is 5.97 Å². The minimum Gasteiger partial charge on any atom is -0.477 e. The first-order valence-corrected chi connectivity index (χ1v) is 9.83. The van der Waals surface area contributed by atoms with Crippen molar-refractivity contribution < 1.29 is 14.7 Å². The van der Waals surface area contributed by atoms with E-state index in [1.54, 1.807) is 18.2 Å². The fourth-order valence-electron chi connectivity index (χ4n) is 2.68. The lowest BCUT2D eigenvalue weighted by atomic mass is 10.1. The fourth-order valence-corrected chi connectivity index (χ4v) is 4.37. The van der Waals surface area contributed by atoms with Crippen molar-refractivity contribution >= 4 is 52.1 Å². The maximum Gasteiger partial charge on any atom is 0.348 e. The summed E-state index contributed by atoms with van der Waals surface area (Å²) in [6, 6.07) is 6.22. The zero-order valence-electron chi connectivity index (χ0n) is 15.0. The van der Waals surface area contributed by atoms with Gasteiger partial charge in [-0.15, -0.1) is 11.3 Å². The quantitative estimate of drug-likeness (QED) is 0.630. The summed E-state index contributed by atoms with van der Waals surface area (Å²) in [5.41, 5.74) is 0.696. The molecule has 7 heteroatoms. The smallest absolute Gasteiger partial charge is 0.348 e. The van der Waals surface area contributed by atoms with Crippen molar-refractivity contribution in [2.24, 2.45) is 5.92 Å². The van der Waals surface area contributed by atoms with Crippen molar-refractivity contribution in [3.63, 3.8) is 0 Å². The first-order valence-electron chi connectivity index (χ1n) is 8.26. The van der Waals surface area contributed by atoms with Gasteiger partial charge in [0.1, 0.15) is 4.88 Å². The summed E-state index contributed by atoms with van der Waals surface area (Å²) in [5.74, 6) is -1.00. The van der Waals surface area contributed by atoms with Crippen molar-refractivity contribution in [3.05, 3.63) is 49.6 Å². The summed E-state index contributed by atoms with van der Waals surface area (Å²) in [4.78, 5) is 27.5. The van der Waals surface area contributed by atoms with Crippen molar-refractivity contribution in [1.29, 1.82) is 0 Å². The van der Waals surface area contributed by atoms with Crippen molar-refractivity contribution in [2.75, 3.05) is 4.90 Å². The molecule has 140 valence electrons. The number of amides is 1. The van der Waals surface area contributed by atoms with E-state index >= 15 is 0 Å². The molecule has 0 saturated carbocycles. The van der Waals surface area contributed by atoms with Gasteiger partial charge < -0.3 is 10.0 Å². The molecular weight excluding hydrogens is 393 g/mol. The van der Waals surface area contributed by atoms with Gasteiger partial charge in [0, 0.05) is 15.9 Å². The number of aromatic carboxylic acids is 1. The predicted octanol–water partition coefficient (Wildman–Crippen LogP) is 6.01. The van der Waals surface area contributed by atoms with Gasteiger partial charge in [0.25, 0.3) is 5.91 Å². The summed E-state index contributed by atoms with van der Waals surface area (Å²) in [6.45, 7) is 7.82. The van der Waals surface area contributed by atoms with Gasteiger partial charge in [-0.1, -0.05) is 37.0 Å². The number of anilines is 1. The standard InChI is InChI=1S/C19H21Cl2NO3S/c1-10(2)7-13-9-16(17(26-13)19(24)25)22(11(3)4)18(23)14-6-5-12(20)8-15(14)21/h5-6,8-11H,7H2,1-4H3,(H,24,25). The van der Waals surface area contributed by atoms with E-state index in [1.165, 1.54) is 22.3 Å². The van der Waals surface area contributed by atoms with Crippen LogP contribution in [0.25, 0.3) is 0 Å². The molecule has 2 aromatic rings. The molecule has 0 atom stereocenters. The van der Waals surface area contributed by atoms with Crippen LogP contribution in [0.1, 0.15) is 52.6 Å². The summed E-state index contributed by atoms with van der Waals surface area (Å²) >= 11 is 13.3. The molecule has 2 rings (SSSR count). The lowest BCUT2D eigenvalue weighted by Crippen LogP contribution is -2.37. The second-order valence-electron chi connectivity index (χ2n) is 6.72. The Balaban J connectivity index is 2.54. The van der Waals surface area contributed by atoms with Gasteiger partial charge in [0.15, 0.2) is 0 Å². The molecule has 0 fully saturated rings. The molecule has 1 amide bonds. The van der Waals surface area contributed by atoms with E-state index in [4.69, 9.17) is 23.2 Å². The molecule has 0 spiro atoms. The Labute approximate surface area is 167 Å². The second-order valence-corrected chi connectivity index (χ2v) is 8.70. The van der Waals surface area contributed by atoms with Crippen molar-refractivity contribution in [3.8, 4) is 0 Å².